The molecule has 5 heteroatoms. The Morgan fingerprint density at radius 3 is 2.24 bits per heavy atom. The molecule has 6 aromatic rings. The van der Waals surface area contributed by atoms with Crippen LogP contribution in [0.2, 0.25) is 0 Å². The van der Waals surface area contributed by atoms with E-state index >= 15 is 0 Å². The third-order valence-electron chi connectivity index (χ3n) is 5.88. The van der Waals surface area contributed by atoms with Crippen molar-refractivity contribution in [1.82, 2.24) is 4.98 Å². The highest BCUT2D eigenvalue weighted by atomic mass is 32.2. The molecule has 1 aromatic heterocycles. The Morgan fingerprint density at radius 1 is 0.727 bits per heavy atom. The second-order valence-electron chi connectivity index (χ2n) is 7.90. The molecule has 0 aliphatic carbocycles. The zero-order chi connectivity index (χ0) is 22.4. The van der Waals surface area contributed by atoms with E-state index in [0.29, 0.717) is 16.9 Å². The fraction of sp³-hybridized carbons (Fsp3) is 0.0357. The third kappa shape index (κ3) is 3.50. The number of benzene rings is 5. The number of rotatable bonds is 4. The van der Waals surface area contributed by atoms with Gasteiger partial charge >= 0.3 is 0 Å². The average Bonchev–Trinajstić information content (AvgIpc) is 3.27. The molecule has 0 saturated carbocycles. The molecular weight excluding hydrogens is 446 g/mol. The zero-order valence-corrected chi connectivity index (χ0v) is 19.2. The molecule has 1 heterocycles. The van der Waals surface area contributed by atoms with Crippen LogP contribution in [0.1, 0.15) is 5.56 Å². The van der Waals surface area contributed by atoms with Crippen molar-refractivity contribution in [3.8, 4) is 22.6 Å². The first-order valence-corrected chi connectivity index (χ1v) is 12.4. The number of aromatic nitrogens is 1. The van der Waals surface area contributed by atoms with Crippen LogP contribution in [0.5, 0.6) is 11.5 Å². The Kier molecular flexibility index (Phi) is 4.93. The molecule has 2 N–H and O–H groups in total. The quantitative estimate of drug-likeness (QED) is 0.259. The van der Waals surface area contributed by atoms with Gasteiger partial charge in [0.1, 0.15) is 11.5 Å². The van der Waals surface area contributed by atoms with Gasteiger partial charge in [-0.15, -0.1) is 11.3 Å². The summed E-state index contributed by atoms with van der Waals surface area (Å²) in [4.78, 5) is 4.72. The summed E-state index contributed by atoms with van der Waals surface area (Å²) in [5.74, 6) is 0.939. The van der Waals surface area contributed by atoms with E-state index in [1.54, 1.807) is 29.2 Å². The number of thioether (sulfide) groups is 1. The lowest BCUT2D eigenvalue weighted by Crippen LogP contribution is -1.91. The first kappa shape index (κ1) is 20.1. The van der Waals surface area contributed by atoms with Crippen LogP contribution in [0.3, 0.4) is 0 Å². The maximum absolute atomic E-state index is 11.5. The van der Waals surface area contributed by atoms with Gasteiger partial charge in [-0.3, -0.25) is 0 Å². The summed E-state index contributed by atoms with van der Waals surface area (Å²) in [5, 5.41) is 26.3. The van der Waals surface area contributed by atoms with Crippen molar-refractivity contribution in [2.75, 3.05) is 0 Å². The summed E-state index contributed by atoms with van der Waals surface area (Å²) in [7, 11) is 0. The number of hydrogen-bond donors (Lipinski definition) is 2. The second kappa shape index (κ2) is 8.10. The Balaban J connectivity index is 1.52. The summed E-state index contributed by atoms with van der Waals surface area (Å²) in [5.41, 5.74) is 3.14. The molecular formula is C28H19NO2S2. The van der Waals surface area contributed by atoms with Gasteiger partial charge in [0.2, 0.25) is 0 Å². The summed E-state index contributed by atoms with van der Waals surface area (Å²) in [6.45, 7) is 0. The number of phenols is 2. The van der Waals surface area contributed by atoms with Gasteiger partial charge in [0.25, 0.3) is 0 Å². The fourth-order valence-electron chi connectivity index (χ4n) is 4.33. The summed E-state index contributed by atoms with van der Waals surface area (Å²) in [6.07, 6.45) is 0. The van der Waals surface area contributed by atoms with E-state index in [1.165, 1.54) is 0 Å². The van der Waals surface area contributed by atoms with Crippen LogP contribution in [0.25, 0.3) is 42.9 Å². The number of para-hydroxylation sites is 1. The predicted octanol–water partition coefficient (Wildman–Crippen LogP) is 7.97. The standard InChI is InChI=1S/C28H19NO2S2/c30-23-14-13-17-7-1-3-9-20(17)25(23)26-21-10-4-2-8-18(21)15-19(27(26)31)16-32-28-29-22-11-5-6-12-24(22)33-28/h1-15,30-31H,16H2. The number of thiazole rings is 1. The smallest absolute Gasteiger partial charge is 0.151 e. The zero-order valence-electron chi connectivity index (χ0n) is 17.5. The topological polar surface area (TPSA) is 53.4 Å². The minimum atomic E-state index is 0.158. The van der Waals surface area contributed by atoms with Gasteiger partial charge < -0.3 is 10.2 Å². The molecule has 33 heavy (non-hydrogen) atoms. The lowest BCUT2D eigenvalue weighted by atomic mass is 9.90. The Labute approximate surface area is 199 Å². The first-order valence-electron chi connectivity index (χ1n) is 10.6. The van der Waals surface area contributed by atoms with Crippen molar-refractivity contribution in [3.63, 3.8) is 0 Å². The lowest BCUT2D eigenvalue weighted by molar-refractivity contribution is 0.467. The molecule has 3 nitrogen and oxygen atoms in total. The molecule has 0 radical (unpaired) electrons. The van der Waals surface area contributed by atoms with Crippen molar-refractivity contribution < 1.29 is 10.2 Å². The van der Waals surface area contributed by atoms with Gasteiger partial charge in [-0.1, -0.05) is 78.5 Å². The summed E-state index contributed by atoms with van der Waals surface area (Å²) >= 11 is 3.28. The minimum Gasteiger partial charge on any atom is -0.507 e. The van der Waals surface area contributed by atoms with Gasteiger partial charge in [0, 0.05) is 22.4 Å². The molecule has 0 saturated heterocycles. The molecule has 6 rings (SSSR count). The molecule has 0 bridgehead atoms. The maximum Gasteiger partial charge on any atom is 0.151 e. The van der Waals surface area contributed by atoms with Crippen molar-refractivity contribution in [3.05, 3.63) is 96.6 Å². The average molecular weight is 466 g/mol. The van der Waals surface area contributed by atoms with Crippen molar-refractivity contribution >= 4 is 54.9 Å². The fourth-order valence-corrected chi connectivity index (χ4v) is 6.37. The molecule has 5 aromatic carbocycles. The number of aromatic hydroxyl groups is 2. The molecule has 0 spiro atoms. The largest absolute Gasteiger partial charge is 0.507 e. The van der Waals surface area contributed by atoms with Crippen LogP contribution in [0.15, 0.2) is 95.3 Å². The van der Waals surface area contributed by atoms with E-state index in [2.05, 4.69) is 6.07 Å². The van der Waals surface area contributed by atoms with E-state index in [4.69, 9.17) is 4.98 Å². The lowest BCUT2D eigenvalue weighted by Gasteiger charge is -2.17. The Hall–Kier alpha value is -3.54. The van der Waals surface area contributed by atoms with Crippen LogP contribution in [0, 0.1) is 0 Å². The van der Waals surface area contributed by atoms with Crippen LogP contribution in [-0.4, -0.2) is 15.2 Å². The van der Waals surface area contributed by atoms with Crippen LogP contribution < -0.4 is 0 Å². The van der Waals surface area contributed by atoms with Gasteiger partial charge in [0.15, 0.2) is 4.34 Å². The van der Waals surface area contributed by atoms with E-state index in [1.807, 2.05) is 78.9 Å². The van der Waals surface area contributed by atoms with Crippen LogP contribution in [0.4, 0.5) is 0 Å². The molecule has 160 valence electrons. The molecule has 0 unspecified atom stereocenters. The highest BCUT2D eigenvalue weighted by Crippen LogP contribution is 2.47. The van der Waals surface area contributed by atoms with Crippen LogP contribution in [-0.2, 0) is 5.75 Å². The molecule has 0 atom stereocenters. The number of nitrogens with zero attached hydrogens (tertiary/aromatic N) is 1. The summed E-state index contributed by atoms with van der Waals surface area (Å²) in [6, 6.07) is 29.7. The van der Waals surface area contributed by atoms with E-state index in [9.17, 15) is 10.2 Å². The normalized spacial score (nSPS) is 11.5. The van der Waals surface area contributed by atoms with Crippen LogP contribution >= 0.6 is 23.1 Å². The highest BCUT2D eigenvalue weighted by Gasteiger charge is 2.20. The van der Waals surface area contributed by atoms with Crippen molar-refractivity contribution in [1.29, 1.82) is 0 Å². The first-order chi connectivity index (χ1) is 16.2. The van der Waals surface area contributed by atoms with Crippen molar-refractivity contribution in [2.24, 2.45) is 0 Å². The van der Waals surface area contributed by atoms with E-state index in [0.717, 1.165) is 41.7 Å². The SMILES string of the molecule is Oc1ccc2ccccc2c1-c1c(O)c(CSc2nc3ccccc3s2)cc2ccccc12. The molecule has 0 amide bonds. The Morgan fingerprint density at radius 2 is 1.42 bits per heavy atom. The van der Waals surface area contributed by atoms with Gasteiger partial charge in [-0.25, -0.2) is 4.98 Å². The monoisotopic (exact) mass is 465 g/mol. The number of phenolic OH excluding ortho intramolecular Hbond substituents is 2. The molecule has 0 aliphatic rings. The van der Waals surface area contributed by atoms with E-state index in [-0.39, 0.29) is 11.5 Å². The maximum atomic E-state index is 11.5. The molecule has 0 fully saturated rings. The second-order valence-corrected chi connectivity index (χ2v) is 10.2. The summed E-state index contributed by atoms with van der Waals surface area (Å²) < 4.78 is 2.13. The third-order valence-corrected chi connectivity index (χ3v) is 8.11. The highest BCUT2D eigenvalue weighted by molar-refractivity contribution is 8.00. The molecule has 0 aliphatic heterocycles. The van der Waals surface area contributed by atoms with Gasteiger partial charge in [-0.2, -0.15) is 0 Å². The predicted molar refractivity (Wildman–Crippen MR) is 139 cm³/mol. The van der Waals surface area contributed by atoms with Gasteiger partial charge in [0.05, 0.1) is 10.2 Å². The Bertz CT molecular complexity index is 1620. The van der Waals surface area contributed by atoms with E-state index < -0.39 is 0 Å². The minimum absolute atomic E-state index is 0.158. The number of fused-ring (bicyclic) bond motifs is 3. The number of hydrogen-bond acceptors (Lipinski definition) is 5. The van der Waals surface area contributed by atoms with Gasteiger partial charge in [-0.05, 0) is 45.8 Å². The van der Waals surface area contributed by atoms with Crippen molar-refractivity contribution in [2.45, 2.75) is 10.1 Å².